The average Bonchev–Trinajstić information content (AvgIpc) is 2.53. The summed E-state index contributed by atoms with van der Waals surface area (Å²) in [6, 6.07) is 9.78. The molecule has 0 aromatic heterocycles. The number of nitrogens with zero attached hydrogens (tertiary/aromatic N) is 1. The molecule has 0 aliphatic heterocycles. The van der Waals surface area contributed by atoms with Crippen molar-refractivity contribution in [3.63, 3.8) is 0 Å². The van der Waals surface area contributed by atoms with Crippen molar-refractivity contribution in [3.8, 4) is 0 Å². The van der Waals surface area contributed by atoms with Gasteiger partial charge in [-0.1, -0.05) is 17.7 Å². The van der Waals surface area contributed by atoms with Crippen molar-refractivity contribution >= 4 is 21.6 Å². The van der Waals surface area contributed by atoms with Crippen LogP contribution >= 0.6 is 0 Å². The van der Waals surface area contributed by atoms with E-state index in [-0.39, 0.29) is 24.7 Å². The molecule has 0 heterocycles. The van der Waals surface area contributed by atoms with E-state index in [4.69, 9.17) is 0 Å². The molecule has 0 aliphatic carbocycles. The van der Waals surface area contributed by atoms with E-state index in [2.05, 4.69) is 5.32 Å². The average molecular weight is 368 g/mol. The molecule has 2 rings (SSSR count). The quantitative estimate of drug-likeness (QED) is 0.852. The standard InChI is InChI=1S/C17H18F2N2O3S/c1-12-4-3-5-13(10-12)17(22)20-8-9-21(25(2,23)24)14-6-7-15(18)16(19)11-14/h3-7,10-11H,8-9H2,1-2H3,(H,20,22). The molecule has 1 N–H and O–H groups in total. The monoisotopic (exact) mass is 368 g/mol. The van der Waals surface area contributed by atoms with E-state index in [1.54, 1.807) is 18.2 Å². The SMILES string of the molecule is Cc1cccc(C(=O)NCCN(c2ccc(F)c(F)c2)S(C)(=O)=O)c1. The summed E-state index contributed by atoms with van der Waals surface area (Å²) in [6.07, 6.45) is 0.955. The van der Waals surface area contributed by atoms with Crippen LogP contribution in [0.3, 0.4) is 0 Å². The van der Waals surface area contributed by atoms with E-state index in [9.17, 15) is 22.0 Å². The molecule has 2 aromatic carbocycles. The highest BCUT2D eigenvalue weighted by atomic mass is 32.2. The molecule has 8 heteroatoms. The molecule has 0 bridgehead atoms. The summed E-state index contributed by atoms with van der Waals surface area (Å²) in [5, 5.41) is 2.61. The number of sulfonamides is 1. The highest BCUT2D eigenvalue weighted by Gasteiger charge is 2.19. The summed E-state index contributed by atoms with van der Waals surface area (Å²) in [5.74, 6) is -2.55. The van der Waals surface area contributed by atoms with Crippen LogP contribution in [-0.4, -0.2) is 33.7 Å². The normalized spacial score (nSPS) is 11.2. The Hall–Kier alpha value is -2.48. The van der Waals surface area contributed by atoms with Gasteiger partial charge in [0.1, 0.15) is 0 Å². The van der Waals surface area contributed by atoms with Gasteiger partial charge in [-0.25, -0.2) is 17.2 Å². The van der Waals surface area contributed by atoms with Crippen LogP contribution in [0.1, 0.15) is 15.9 Å². The number of halogens is 2. The number of carbonyl (C=O) groups excluding carboxylic acids is 1. The minimum absolute atomic E-state index is 0.00814. The molecule has 0 unspecified atom stereocenters. The molecule has 0 fully saturated rings. The lowest BCUT2D eigenvalue weighted by Crippen LogP contribution is -2.38. The molecule has 25 heavy (non-hydrogen) atoms. The van der Waals surface area contributed by atoms with E-state index < -0.39 is 21.7 Å². The highest BCUT2D eigenvalue weighted by molar-refractivity contribution is 7.92. The van der Waals surface area contributed by atoms with E-state index in [1.807, 2.05) is 13.0 Å². The lowest BCUT2D eigenvalue weighted by molar-refractivity contribution is 0.0954. The van der Waals surface area contributed by atoms with Gasteiger partial charge in [0.2, 0.25) is 10.0 Å². The fraction of sp³-hybridized carbons (Fsp3) is 0.235. The Balaban J connectivity index is 2.08. The van der Waals surface area contributed by atoms with Crippen LogP contribution < -0.4 is 9.62 Å². The number of carbonyl (C=O) groups is 1. The summed E-state index contributed by atoms with van der Waals surface area (Å²) >= 11 is 0. The predicted molar refractivity (Wildman–Crippen MR) is 92.1 cm³/mol. The summed E-state index contributed by atoms with van der Waals surface area (Å²) in [4.78, 5) is 12.1. The van der Waals surface area contributed by atoms with Gasteiger partial charge in [0.25, 0.3) is 5.91 Å². The first-order valence-electron chi connectivity index (χ1n) is 7.46. The fourth-order valence-corrected chi connectivity index (χ4v) is 3.21. The number of nitrogens with one attached hydrogen (secondary N) is 1. The number of anilines is 1. The molecule has 0 aliphatic rings. The van der Waals surface area contributed by atoms with Crippen LogP contribution in [0, 0.1) is 18.6 Å². The second-order valence-corrected chi connectivity index (χ2v) is 7.47. The van der Waals surface area contributed by atoms with Crippen molar-refractivity contribution in [2.24, 2.45) is 0 Å². The number of rotatable bonds is 6. The predicted octanol–water partition coefficient (Wildman–Crippen LogP) is 2.47. The Labute approximate surface area is 145 Å². The van der Waals surface area contributed by atoms with Gasteiger partial charge in [-0.15, -0.1) is 0 Å². The Bertz CT molecular complexity index is 885. The first-order chi connectivity index (χ1) is 11.7. The van der Waals surface area contributed by atoms with Crippen LogP contribution in [0.2, 0.25) is 0 Å². The highest BCUT2D eigenvalue weighted by Crippen LogP contribution is 2.20. The third-order valence-corrected chi connectivity index (χ3v) is 4.67. The largest absolute Gasteiger partial charge is 0.350 e. The maximum Gasteiger partial charge on any atom is 0.251 e. The third kappa shape index (κ3) is 4.99. The minimum Gasteiger partial charge on any atom is -0.350 e. The van der Waals surface area contributed by atoms with E-state index in [0.29, 0.717) is 5.56 Å². The molecule has 1 amide bonds. The topological polar surface area (TPSA) is 66.5 Å². The zero-order chi connectivity index (χ0) is 18.6. The van der Waals surface area contributed by atoms with E-state index in [1.165, 1.54) is 6.07 Å². The molecule has 0 saturated carbocycles. The first kappa shape index (κ1) is 18.9. The van der Waals surface area contributed by atoms with Crippen LogP contribution in [-0.2, 0) is 10.0 Å². The lowest BCUT2D eigenvalue weighted by atomic mass is 10.1. The molecule has 2 aromatic rings. The molecule has 134 valence electrons. The summed E-state index contributed by atoms with van der Waals surface area (Å²) in [5.41, 5.74) is 1.37. The van der Waals surface area contributed by atoms with Crippen molar-refractivity contribution < 1.29 is 22.0 Å². The van der Waals surface area contributed by atoms with Crippen molar-refractivity contribution in [1.82, 2.24) is 5.32 Å². The maximum absolute atomic E-state index is 13.4. The first-order valence-corrected chi connectivity index (χ1v) is 9.31. The van der Waals surface area contributed by atoms with Crippen molar-refractivity contribution in [3.05, 3.63) is 65.2 Å². The van der Waals surface area contributed by atoms with Crippen LogP contribution in [0.25, 0.3) is 0 Å². The number of aryl methyl sites for hydroxylation is 1. The molecule has 0 saturated heterocycles. The maximum atomic E-state index is 13.4. The summed E-state index contributed by atoms with van der Waals surface area (Å²) in [6.45, 7) is 1.76. The zero-order valence-corrected chi connectivity index (χ0v) is 14.6. The number of amides is 1. The summed E-state index contributed by atoms with van der Waals surface area (Å²) < 4.78 is 51.1. The zero-order valence-electron chi connectivity index (χ0n) is 13.8. The van der Waals surface area contributed by atoms with Gasteiger partial charge < -0.3 is 5.32 Å². The second-order valence-electron chi connectivity index (χ2n) is 5.56. The van der Waals surface area contributed by atoms with Gasteiger partial charge in [0, 0.05) is 18.2 Å². The second kappa shape index (κ2) is 7.60. The lowest BCUT2D eigenvalue weighted by Gasteiger charge is -2.22. The number of benzene rings is 2. The van der Waals surface area contributed by atoms with Crippen molar-refractivity contribution in [2.45, 2.75) is 6.92 Å². The smallest absolute Gasteiger partial charge is 0.251 e. The molecule has 5 nitrogen and oxygen atoms in total. The molecular formula is C17H18F2N2O3S. The Morgan fingerprint density at radius 2 is 1.84 bits per heavy atom. The van der Waals surface area contributed by atoms with Gasteiger partial charge in [-0.05, 0) is 31.2 Å². The van der Waals surface area contributed by atoms with Gasteiger partial charge in [-0.2, -0.15) is 0 Å². The Kier molecular flexibility index (Phi) is 5.73. The fourth-order valence-electron chi connectivity index (χ4n) is 2.29. The molecule has 0 atom stereocenters. The van der Waals surface area contributed by atoms with Crippen LogP contribution in [0.5, 0.6) is 0 Å². The Morgan fingerprint density at radius 3 is 2.44 bits per heavy atom. The van der Waals surface area contributed by atoms with Crippen LogP contribution in [0.15, 0.2) is 42.5 Å². The molecule has 0 spiro atoms. The third-order valence-electron chi connectivity index (χ3n) is 3.47. The number of hydrogen-bond donors (Lipinski definition) is 1. The summed E-state index contributed by atoms with van der Waals surface area (Å²) in [7, 11) is -3.72. The Morgan fingerprint density at radius 1 is 1.12 bits per heavy atom. The molecular weight excluding hydrogens is 350 g/mol. The van der Waals surface area contributed by atoms with Crippen LogP contribution in [0.4, 0.5) is 14.5 Å². The minimum atomic E-state index is -3.72. The van der Waals surface area contributed by atoms with Gasteiger partial charge in [-0.3, -0.25) is 9.10 Å². The van der Waals surface area contributed by atoms with Gasteiger partial charge in [0.05, 0.1) is 18.5 Å². The van der Waals surface area contributed by atoms with Gasteiger partial charge >= 0.3 is 0 Å². The number of hydrogen-bond acceptors (Lipinski definition) is 3. The van der Waals surface area contributed by atoms with E-state index >= 15 is 0 Å². The van der Waals surface area contributed by atoms with E-state index in [0.717, 1.165) is 28.3 Å². The van der Waals surface area contributed by atoms with Gasteiger partial charge in [0.15, 0.2) is 11.6 Å². The molecule has 0 radical (unpaired) electrons. The van der Waals surface area contributed by atoms with Crippen molar-refractivity contribution in [1.29, 1.82) is 0 Å². The van der Waals surface area contributed by atoms with Crippen molar-refractivity contribution in [2.75, 3.05) is 23.7 Å².